The average molecular weight is 261 g/mol. The zero-order valence-corrected chi connectivity index (χ0v) is 12.3. The second kappa shape index (κ2) is 7.06. The molecule has 0 aromatic heterocycles. The Balaban J connectivity index is 1.90. The van der Waals surface area contributed by atoms with Gasteiger partial charge >= 0.3 is 0 Å². The van der Waals surface area contributed by atoms with Crippen molar-refractivity contribution in [2.75, 3.05) is 19.6 Å². The molecule has 1 aromatic carbocycles. The second-order valence-electron chi connectivity index (χ2n) is 5.95. The molecule has 0 amide bonds. The fraction of sp³-hybridized carbons (Fsp3) is 0.647. The number of likely N-dealkylation sites (tertiary alicyclic amines) is 1. The second-order valence-corrected chi connectivity index (χ2v) is 5.95. The number of benzene rings is 1. The molecule has 19 heavy (non-hydrogen) atoms. The van der Waals surface area contributed by atoms with Gasteiger partial charge in [-0.1, -0.05) is 38.1 Å². The molecular formula is C17H27NO. The van der Waals surface area contributed by atoms with Crippen LogP contribution in [0.4, 0.5) is 0 Å². The highest BCUT2D eigenvalue weighted by Crippen LogP contribution is 2.20. The summed E-state index contributed by atoms with van der Waals surface area (Å²) in [6.07, 6.45) is 4.57. The number of rotatable bonds is 4. The molecule has 0 spiro atoms. The lowest BCUT2D eigenvalue weighted by atomic mass is 10.0. The van der Waals surface area contributed by atoms with Crippen molar-refractivity contribution < 1.29 is 5.11 Å². The number of β-amino-alcohol motifs (C(OH)–C–C–N with tert-alkyl or cyclic N) is 1. The first-order valence-corrected chi connectivity index (χ1v) is 7.68. The molecule has 1 aliphatic heterocycles. The van der Waals surface area contributed by atoms with E-state index in [1.54, 1.807) is 0 Å². The van der Waals surface area contributed by atoms with Crippen LogP contribution in [0.2, 0.25) is 0 Å². The van der Waals surface area contributed by atoms with Crippen LogP contribution in [0.25, 0.3) is 0 Å². The molecule has 0 bridgehead atoms. The van der Waals surface area contributed by atoms with E-state index < -0.39 is 0 Å². The molecule has 2 atom stereocenters. The molecule has 2 unspecified atom stereocenters. The molecule has 0 radical (unpaired) electrons. The summed E-state index contributed by atoms with van der Waals surface area (Å²) in [6.45, 7) is 7.53. The maximum atomic E-state index is 10.4. The van der Waals surface area contributed by atoms with Gasteiger partial charge in [-0.15, -0.1) is 0 Å². The molecule has 2 nitrogen and oxygen atoms in total. The van der Waals surface area contributed by atoms with Crippen LogP contribution in [-0.2, 0) is 6.42 Å². The number of aryl methyl sites for hydroxylation is 1. The van der Waals surface area contributed by atoms with Crippen molar-refractivity contribution in [1.82, 2.24) is 4.90 Å². The van der Waals surface area contributed by atoms with Gasteiger partial charge in [0.2, 0.25) is 0 Å². The predicted molar refractivity (Wildman–Crippen MR) is 80.2 cm³/mol. The first-order chi connectivity index (χ1) is 9.19. The van der Waals surface area contributed by atoms with Crippen molar-refractivity contribution >= 4 is 0 Å². The monoisotopic (exact) mass is 261 g/mol. The van der Waals surface area contributed by atoms with Gasteiger partial charge < -0.3 is 10.0 Å². The van der Waals surface area contributed by atoms with Crippen LogP contribution < -0.4 is 0 Å². The first kappa shape index (κ1) is 14.5. The van der Waals surface area contributed by atoms with Gasteiger partial charge in [0.15, 0.2) is 0 Å². The van der Waals surface area contributed by atoms with Crippen LogP contribution in [0.15, 0.2) is 24.3 Å². The van der Waals surface area contributed by atoms with E-state index in [0.717, 1.165) is 37.5 Å². The Hall–Kier alpha value is -0.860. The number of hydrogen-bond acceptors (Lipinski definition) is 2. The molecule has 1 heterocycles. The summed E-state index contributed by atoms with van der Waals surface area (Å²) in [6, 6.07) is 8.40. The van der Waals surface area contributed by atoms with Gasteiger partial charge in [0.1, 0.15) is 0 Å². The molecule has 1 fully saturated rings. The molecular weight excluding hydrogens is 234 g/mol. The molecule has 1 saturated heterocycles. The lowest BCUT2D eigenvalue weighted by Gasteiger charge is -2.23. The van der Waals surface area contributed by atoms with Crippen LogP contribution >= 0.6 is 0 Å². The van der Waals surface area contributed by atoms with Crippen LogP contribution in [-0.4, -0.2) is 29.6 Å². The molecule has 1 aliphatic rings. The summed E-state index contributed by atoms with van der Waals surface area (Å²) >= 11 is 0. The highest BCUT2D eigenvalue weighted by Gasteiger charge is 2.17. The summed E-state index contributed by atoms with van der Waals surface area (Å²) in [7, 11) is 0. The predicted octanol–water partition coefficient (Wildman–Crippen LogP) is 3.40. The Morgan fingerprint density at radius 3 is 2.63 bits per heavy atom. The normalized spacial score (nSPS) is 23.0. The van der Waals surface area contributed by atoms with Gasteiger partial charge in [0.05, 0.1) is 6.10 Å². The Morgan fingerprint density at radius 2 is 1.95 bits per heavy atom. The number of nitrogens with zero attached hydrogens (tertiary/aromatic N) is 1. The highest BCUT2D eigenvalue weighted by molar-refractivity contribution is 5.24. The van der Waals surface area contributed by atoms with Gasteiger partial charge in [0, 0.05) is 6.54 Å². The van der Waals surface area contributed by atoms with E-state index >= 15 is 0 Å². The smallest absolute Gasteiger partial charge is 0.0916 e. The summed E-state index contributed by atoms with van der Waals surface area (Å²) in [5, 5.41) is 10.4. The molecule has 1 aromatic rings. The zero-order valence-electron chi connectivity index (χ0n) is 12.3. The van der Waals surface area contributed by atoms with E-state index in [-0.39, 0.29) is 6.10 Å². The quantitative estimate of drug-likeness (QED) is 0.898. The largest absolute Gasteiger partial charge is 0.387 e. The van der Waals surface area contributed by atoms with Gasteiger partial charge in [0.25, 0.3) is 0 Å². The number of aliphatic hydroxyl groups is 1. The van der Waals surface area contributed by atoms with E-state index in [1.165, 1.54) is 24.8 Å². The molecule has 2 heteroatoms. The molecule has 1 N–H and O–H groups in total. The van der Waals surface area contributed by atoms with Crippen LogP contribution in [0.5, 0.6) is 0 Å². The summed E-state index contributed by atoms with van der Waals surface area (Å²) < 4.78 is 0. The Bertz CT molecular complexity index is 373. The SMILES string of the molecule is CCc1ccc(C(O)CN2CCCC(C)CC2)cc1. The third-order valence-corrected chi connectivity index (χ3v) is 4.31. The van der Waals surface area contributed by atoms with Crippen molar-refractivity contribution in [3.63, 3.8) is 0 Å². The molecule has 0 saturated carbocycles. The summed E-state index contributed by atoms with van der Waals surface area (Å²) in [5.74, 6) is 0.839. The molecule has 106 valence electrons. The van der Waals surface area contributed by atoms with Crippen LogP contribution in [0.3, 0.4) is 0 Å². The Kier molecular flexibility index (Phi) is 5.41. The van der Waals surface area contributed by atoms with Crippen LogP contribution in [0, 0.1) is 5.92 Å². The average Bonchev–Trinajstić information content (AvgIpc) is 2.64. The van der Waals surface area contributed by atoms with Crippen molar-refractivity contribution in [3.8, 4) is 0 Å². The molecule has 0 aliphatic carbocycles. The summed E-state index contributed by atoms with van der Waals surface area (Å²) in [4.78, 5) is 2.42. The maximum Gasteiger partial charge on any atom is 0.0916 e. The fourth-order valence-corrected chi connectivity index (χ4v) is 2.83. The third-order valence-electron chi connectivity index (χ3n) is 4.31. The maximum absolute atomic E-state index is 10.4. The minimum absolute atomic E-state index is 0.348. The standard InChI is InChI=1S/C17H27NO/c1-3-15-6-8-16(9-7-15)17(19)13-18-11-4-5-14(2)10-12-18/h6-9,14,17,19H,3-5,10-13H2,1-2H3. The van der Waals surface area contributed by atoms with Gasteiger partial charge in [-0.05, 0) is 55.8 Å². The van der Waals surface area contributed by atoms with E-state index in [9.17, 15) is 5.11 Å². The van der Waals surface area contributed by atoms with Gasteiger partial charge in [-0.25, -0.2) is 0 Å². The highest BCUT2D eigenvalue weighted by atomic mass is 16.3. The van der Waals surface area contributed by atoms with Crippen molar-refractivity contribution in [2.24, 2.45) is 5.92 Å². The Morgan fingerprint density at radius 1 is 1.21 bits per heavy atom. The topological polar surface area (TPSA) is 23.5 Å². The van der Waals surface area contributed by atoms with Gasteiger partial charge in [-0.3, -0.25) is 0 Å². The van der Waals surface area contributed by atoms with Crippen molar-refractivity contribution in [2.45, 2.75) is 45.6 Å². The van der Waals surface area contributed by atoms with E-state index in [4.69, 9.17) is 0 Å². The van der Waals surface area contributed by atoms with Crippen LogP contribution in [0.1, 0.15) is 50.3 Å². The molecule has 2 rings (SSSR count). The fourth-order valence-electron chi connectivity index (χ4n) is 2.83. The zero-order chi connectivity index (χ0) is 13.7. The lowest BCUT2D eigenvalue weighted by molar-refractivity contribution is 0.114. The van der Waals surface area contributed by atoms with E-state index in [2.05, 4.69) is 43.0 Å². The Labute approximate surface area is 117 Å². The van der Waals surface area contributed by atoms with Crippen molar-refractivity contribution in [1.29, 1.82) is 0 Å². The third kappa shape index (κ3) is 4.32. The van der Waals surface area contributed by atoms with Gasteiger partial charge in [-0.2, -0.15) is 0 Å². The van der Waals surface area contributed by atoms with Crippen molar-refractivity contribution in [3.05, 3.63) is 35.4 Å². The minimum atomic E-state index is -0.348. The number of aliphatic hydroxyl groups excluding tert-OH is 1. The number of hydrogen-bond donors (Lipinski definition) is 1. The van der Waals surface area contributed by atoms with E-state index in [0.29, 0.717) is 0 Å². The first-order valence-electron chi connectivity index (χ1n) is 7.68. The summed E-state index contributed by atoms with van der Waals surface area (Å²) in [5.41, 5.74) is 2.38. The van der Waals surface area contributed by atoms with E-state index in [1.807, 2.05) is 0 Å². The minimum Gasteiger partial charge on any atom is -0.387 e. The lowest BCUT2D eigenvalue weighted by Crippen LogP contribution is -2.29.